The van der Waals surface area contributed by atoms with E-state index in [1.807, 2.05) is 4.57 Å². The molecule has 96 valence electrons. The summed E-state index contributed by atoms with van der Waals surface area (Å²) in [4.78, 5) is 12.2. The van der Waals surface area contributed by atoms with E-state index in [1.165, 1.54) is 0 Å². The van der Waals surface area contributed by atoms with Crippen LogP contribution < -0.4 is 5.73 Å². The van der Waals surface area contributed by atoms with Gasteiger partial charge in [0.2, 0.25) is 5.95 Å². The molecule has 0 unspecified atom stereocenters. The topological polar surface area (TPSA) is 99.1 Å². The molecular formula is C10H12ClN5O2. The number of nitrogen functional groups attached to an aromatic ring is 1. The van der Waals surface area contributed by atoms with Crippen LogP contribution in [0, 0.1) is 0 Å². The first-order valence-electron chi connectivity index (χ1n) is 5.57. The first kappa shape index (κ1) is 11.6. The summed E-state index contributed by atoms with van der Waals surface area (Å²) in [5.74, 6) is 0.117. The summed E-state index contributed by atoms with van der Waals surface area (Å²) in [5.41, 5.74) is 6.71. The lowest BCUT2D eigenvalue weighted by atomic mass is 10.2. The van der Waals surface area contributed by atoms with Gasteiger partial charge in [0.25, 0.3) is 0 Å². The summed E-state index contributed by atoms with van der Waals surface area (Å²) >= 11 is 5.96. The van der Waals surface area contributed by atoms with Gasteiger partial charge >= 0.3 is 0 Å². The second-order valence-electron chi connectivity index (χ2n) is 4.22. The molecule has 2 atom stereocenters. The third-order valence-corrected chi connectivity index (χ3v) is 3.32. The monoisotopic (exact) mass is 269 g/mol. The third kappa shape index (κ3) is 1.80. The summed E-state index contributed by atoms with van der Waals surface area (Å²) in [5, 5.41) is 9.31. The number of aliphatic hydroxyl groups excluding tert-OH is 1. The molecule has 0 saturated carbocycles. The molecular weight excluding hydrogens is 258 g/mol. The molecule has 1 aliphatic rings. The maximum atomic E-state index is 9.07. The van der Waals surface area contributed by atoms with Gasteiger partial charge in [-0.25, -0.2) is 4.98 Å². The highest BCUT2D eigenvalue weighted by Gasteiger charge is 2.28. The van der Waals surface area contributed by atoms with Crippen molar-refractivity contribution < 1.29 is 9.84 Å². The largest absolute Gasteiger partial charge is 0.394 e. The maximum absolute atomic E-state index is 9.07. The second kappa shape index (κ2) is 4.34. The number of hydrogen-bond donors (Lipinski definition) is 2. The van der Waals surface area contributed by atoms with E-state index in [-0.39, 0.29) is 29.9 Å². The van der Waals surface area contributed by atoms with Gasteiger partial charge in [-0.3, -0.25) is 0 Å². The highest BCUT2D eigenvalue weighted by Crippen LogP contribution is 2.28. The second-order valence-corrected chi connectivity index (χ2v) is 4.58. The van der Waals surface area contributed by atoms with Gasteiger partial charge in [0, 0.05) is 0 Å². The fourth-order valence-corrected chi connectivity index (χ4v) is 2.39. The first-order valence-corrected chi connectivity index (χ1v) is 5.95. The number of fused-ring (bicyclic) bond motifs is 1. The number of hydrogen-bond acceptors (Lipinski definition) is 6. The summed E-state index contributed by atoms with van der Waals surface area (Å²) < 4.78 is 7.31. The summed E-state index contributed by atoms with van der Waals surface area (Å²) in [7, 11) is 0. The molecule has 2 aromatic heterocycles. The van der Waals surface area contributed by atoms with E-state index < -0.39 is 0 Å². The van der Waals surface area contributed by atoms with E-state index in [0.717, 1.165) is 0 Å². The summed E-state index contributed by atoms with van der Waals surface area (Å²) in [6.45, 7) is 0.527. The van der Waals surface area contributed by atoms with E-state index in [4.69, 9.17) is 27.2 Å². The van der Waals surface area contributed by atoms with Crippen molar-refractivity contribution in [2.24, 2.45) is 0 Å². The highest BCUT2D eigenvalue weighted by atomic mass is 35.5. The van der Waals surface area contributed by atoms with Gasteiger partial charge in [-0.1, -0.05) is 11.6 Å². The zero-order chi connectivity index (χ0) is 12.7. The number of nitrogens with zero attached hydrogens (tertiary/aromatic N) is 4. The lowest BCUT2D eigenvalue weighted by molar-refractivity contribution is 0.0576. The van der Waals surface area contributed by atoms with Gasteiger partial charge in [-0.2, -0.15) is 9.97 Å². The summed E-state index contributed by atoms with van der Waals surface area (Å²) in [6, 6.07) is 0.0810. The van der Waals surface area contributed by atoms with Crippen LogP contribution in [0.5, 0.6) is 0 Å². The Bertz CT molecular complexity index is 587. The number of anilines is 1. The Labute approximate surface area is 108 Å². The van der Waals surface area contributed by atoms with Crippen molar-refractivity contribution in [3.63, 3.8) is 0 Å². The maximum Gasteiger partial charge on any atom is 0.223 e. The van der Waals surface area contributed by atoms with Crippen LogP contribution in [0.1, 0.15) is 12.5 Å². The molecule has 0 amide bonds. The first-order chi connectivity index (χ1) is 8.69. The van der Waals surface area contributed by atoms with Gasteiger partial charge in [-0.15, -0.1) is 0 Å². The summed E-state index contributed by atoms with van der Waals surface area (Å²) in [6.07, 6.45) is 2.23. The predicted octanol–water partition coefficient (Wildman–Crippen LogP) is 0.384. The fraction of sp³-hybridized carbons (Fsp3) is 0.500. The quantitative estimate of drug-likeness (QED) is 0.765. The molecule has 3 N–H and O–H groups in total. The average molecular weight is 270 g/mol. The minimum absolute atomic E-state index is 0.0149. The third-order valence-electron chi connectivity index (χ3n) is 3.05. The Morgan fingerprint density at radius 3 is 3.11 bits per heavy atom. The molecule has 0 radical (unpaired) electrons. The zero-order valence-electron chi connectivity index (χ0n) is 9.45. The molecule has 7 nitrogen and oxygen atoms in total. The average Bonchev–Trinajstić information content (AvgIpc) is 2.93. The predicted molar refractivity (Wildman–Crippen MR) is 65.2 cm³/mol. The van der Waals surface area contributed by atoms with Crippen LogP contribution in [0.15, 0.2) is 6.33 Å². The van der Waals surface area contributed by atoms with Crippen molar-refractivity contribution in [2.75, 3.05) is 18.9 Å². The van der Waals surface area contributed by atoms with Gasteiger partial charge < -0.3 is 20.1 Å². The molecule has 1 fully saturated rings. The van der Waals surface area contributed by atoms with Crippen molar-refractivity contribution in [2.45, 2.75) is 18.6 Å². The van der Waals surface area contributed by atoms with Gasteiger partial charge in [0.05, 0.1) is 31.7 Å². The molecule has 3 heterocycles. The Balaban J connectivity index is 2.03. The van der Waals surface area contributed by atoms with Gasteiger partial charge in [0.1, 0.15) is 5.52 Å². The van der Waals surface area contributed by atoms with Crippen LogP contribution in [-0.2, 0) is 4.74 Å². The van der Waals surface area contributed by atoms with Gasteiger partial charge in [0.15, 0.2) is 10.8 Å². The Kier molecular flexibility index (Phi) is 2.81. The Morgan fingerprint density at radius 2 is 2.39 bits per heavy atom. The van der Waals surface area contributed by atoms with Crippen LogP contribution in [0.3, 0.4) is 0 Å². The van der Waals surface area contributed by atoms with E-state index >= 15 is 0 Å². The van der Waals surface area contributed by atoms with Crippen molar-refractivity contribution in [3.8, 4) is 0 Å². The molecule has 0 aliphatic carbocycles. The zero-order valence-corrected chi connectivity index (χ0v) is 10.2. The molecule has 1 saturated heterocycles. The standard InChI is InChI=1S/C10H12ClN5O2/c11-8-7-9(15-10(12)14-8)16(4-13-7)5-1-6(2-17)18-3-5/h4-6,17H,1-3H2,(H2,12,14,15)/t5-,6-/m0/s1. The Hall–Kier alpha value is -1.44. The Morgan fingerprint density at radius 1 is 1.56 bits per heavy atom. The minimum atomic E-state index is -0.137. The molecule has 0 spiro atoms. The number of rotatable bonds is 2. The van der Waals surface area contributed by atoms with E-state index in [0.29, 0.717) is 24.2 Å². The lowest BCUT2D eigenvalue weighted by Gasteiger charge is -2.10. The molecule has 1 aliphatic heterocycles. The smallest absolute Gasteiger partial charge is 0.223 e. The van der Waals surface area contributed by atoms with Crippen LogP contribution in [0.4, 0.5) is 5.95 Å². The fourth-order valence-electron chi connectivity index (χ4n) is 2.17. The SMILES string of the molecule is Nc1nc(Cl)c2ncn([C@@H]3CO[C@H](CO)C3)c2n1. The number of aliphatic hydroxyl groups is 1. The number of aromatic nitrogens is 4. The molecule has 18 heavy (non-hydrogen) atoms. The molecule has 3 rings (SSSR count). The van der Waals surface area contributed by atoms with Crippen molar-refractivity contribution in [1.29, 1.82) is 0 Å². The number of nitrogens with two attached hydrogens (primary N) is 1. The van der Waals surface area contributed by atoms with Crippen molar-refractivity contribution >= 4 is 28.7 Å². The number of halogens is 1. The minimum Gasteiger partial charge on any atom is -0.394 e. The van der Waals surface area contributed by atoms with E-state index in [1.54, 1.807) is 6.33 Å². The van der Waals surface area contributed by atoms with Crippen LogP contribution >= 0.6 is 11.6 Å². The number of ether oxygens (including phenoxy) is 1. The van der Waals surface area contributed by atoms with Crippen LogP contribution in [0.2, 0.25) is 5.15 Å². The highest BCUT2D eigenvalue weighted by molar-refractivity contribution is 6.33. The van der Waals surface area contributed by atoms with Crippen molar-refractivity contribution in [3.05, 3.63) is 11.5 Å². The van der Waals surface area contributed by atoms with Crippen molar-refractivity contribution in [1.82, 2.24) is 19.5 Å². The van der Waals surface area contributed by atoms with E-state index in [2.05, 4.69) is 15.0 Å². The lowest BCUT2D eigenvalue weighted by Crippen LogP contribution is -2.11. The normalized spacial score (nSPS) is 23.9. The van der Waals surface area contributed by atoms with Crippen LogP contribution in [0.25, 0.3) is 11.2 Å². The number of imidazole rings is 1. The molecule has 2 aromatic rings. The van der Waals surface area contributed by atoms with E-state index in [9.17, 15) is 0 Å². The van der Waals surface area contributed by atoms with Gasteiger partial charge in [-0.05, 0) is 6.42 Å². The molecule has 0 bridgehead atoms. The molecule has 0 aromatic carbocycles. The van der Waals surface area contributed by atoms with Crippen LogP contribution in [-0.4, -0.2) is 43.9 Å². The molecule has 8 heteroatoms.